The van der Waals surface area contributed by atoms with E-state index in [1.807, 2.05) is 78.9 Å². The van der Waals surface area contributed by atoms with Crippen LogP contribution >= 0.6 is 11.6 Å². The molecule has 6 aromatic rings. The highest BCUT2D eigenvalue weighted by molar-refractivity contribution is 6.31. The van der Waals surface area contributed by atoms with E-state index in [0.29, 0.717) is 57.7 Å². The van der Waals surface area contributed by atoms with Crippen molar-refractivity contribution in [3.05, 3.63) is 213 Å². The minimum atomic E-state index is -0.620. The molecule has 5 atom stereocenters. The van der Waals surface area contributed by atoms with Gasteiger partial charge in [0.1, 0.15) is 30.5 Å². The minimum absolute atomic E-state index is 0.255. The van der Waals surface area contributed by atoms with E-state index in [9.17, 15) is 0 Å². The van der Waals surface area contributed by atoms with E-state index in [0.717, 1.165) is 45.4 Å². The lowest BCUT2D eigenvalue weighted by atomic mass is 9.87. The molecule has 0 saturated carbocycles. The fraction of sp³-hybridized carbons (Fsp3) is 0.321. The first-order chi connectivity index (χ1) is 30.1. The highest BCUT2D eigenvalue weighted by Crippen LogP contribution is 2.41. The summed E-state index contributed by atoms with van der Waals surface area (Å²) in [5.41, 5.74) is 9.45. The Bertz CT molecular complexity index is 2150. The van der Waals surface area contributed by atoms with Crippen LogP contribution in [-0.2, 0) is 79.0 Å². The molecule has 7 nitrogen and oxygen atoms in total. The molecule has 0 radical (unpaired) electrons. The van der Waals surface area contributed by atoms with Gasteiger partial charge in [0, 0.05) is 12.1 Å². The van der Waals surface area contributed by atoms with Crippen molar-refractivity contribution in [1.82, 2.24) is 0 Å². The van der Waals surface area contributed by atoms with Gasteiger partial charge in [0.15, 0.2) is 0 Å². The van der Waals surface area contributed by atoms with Crippen molar-refractivity contribution in [1.29, 1.82) is 0 Å². The van der Waals surface area contributed by atoms with Crippen LogP contribution in [0.2, 0.25) is 5.02 Å². The molecule has 0 amide bonds. The van der Waals surface area contributed by atoms with Gasteiger partial charge in [-0.2, -0.15) is 0 Å². The lowest BCUT2D eigenvalue weighted by Gasteiger charge is -2.47. The zero-order chi connectivity index (χ0) is 42.1. The molecule has 0 aliphatic carbocycles. The van der Waals surface area contributed by atoms with Gasteiger partial charge < -0.3 is 33.2 Å². The maximum atomic E-state index is 7.36. The molecular formula is C53H57ClO7. The van der Waals surface area contributed by atoms with Crippen molar-refractivity contribution in [2.75, 3.05) is 26.9 Å². The molecule has 318 valence electrons. The topological polar surface area (TPSA) is 64.6 Å². The Labute approximate surface area is 366 Å². The second-order valence-electron chi connectivity index (χ2n) is 15.4. The third-order valence-corrected chi connectivity index (χ3v) is 11.4. The van der Waals surface area contributed by atoms with Crippen LogP contribution in [0.1, 0.15) is 63.1 Å². The maximum Gasteiger partial charge on any atom is 0.117 e. The predicted molar refractivity (Wildman–Crippen MR) is 240 cm³/mol. The van der Waals surface area contributed by atoms with Crippen molar-refractivity contribution in [3.8, 4) is 0 Å². The van der Waals surface area contributed by atoms with Crippen molar-refractivity contribution in [2.45, 2.75) is 83.3 Å². The highest BCUT2D eigenvalue weighted by Gasteiger charge is 2.49. The van der Waals surface area contributed by atoms with E-state index in [-0.39, 0.29) is 6.61 Å². The molecular weight excluding hydrogens is 784 g/mol. The van der Waals surface area contributed by atoms with E-state index >= 15 is 0 Å². The Morgan fingerprint density at radius 3 is 1.54 bits per heavy atom. The van der Waals surface area contributed by atoms with Crippen LogP contribution < -0.4 is 0 Å². The summed E-state index contributed by atoms with van der Waals surface area (Å²) in [6, 6.07) is 53.7. The van der Waals surface area contributed by atoms with Gasteiger partial charge in [0.25, 0.3) is 0 Å². The molecule has 7 rings (SSSR count). The monoisotopic (exact) mass is 840 g/mol. The largest absolute Gasteiger partial charge is 0.382 e. The van der Waals surface area contributed by atoms with Gasteiger partial charge in [0.05, 0.1) is 52.9 Å². The lowest BCUT2D eigenvalue weighted by molar-refractivity contribution is -0.275. The van der Waals surface area contributed by atoms with Crippen LogP contribution in [0, 0.1) is 0 Å². The van der Waals surface area contributed by atoms with Crippen LogP contribution in [0.5, 0.6) is 0 Å². The SMILES string of the molecule is CCc1ccc(Cc2cc([C@@H]3O[C@H](COCc4ccccc4)[C@@H](OCc4ccccc4)[C@H](OCc4ccccc4)[C@H]3OCc3ccccc3)c(COCCOC)cc2Cl)cc1. The van der Waals surface area contributed by atoms with Gasteiger partial charge in [-0.3, -0.25) is 0 Å². The van der Waals surface area contributed by atoms with Gasteiger partial charge in [-0.25, -0.2) is 0 Å². The molecule has 0 unspecified atom stereocenters. The van der Waals surface area contributed by atoms with Crippen molar-refractivity contribution in [3.63, 3.8) is 0 Å². The Hall–Kier alpha value is -4.67. The first kappa shape index (κ1) is 44.4. The molecule has 0 N–H and O–H groups in total. The number of aryl methyl sites for hydroxylation is 1. The van der Waals surface area contributed by atoms with E-state index in [4.69, 9.17) is 44.8 Å². The van der Waals surface area contributed by atoms with Crippen LogP contribution in [-0.4, -0.2) is 51.3 Å². The summed E-state index contributed by atoms with van der Waals surface area (Å²) in [6.07, 6.45) is -1.31. The Balaban J connectivity index is 1.32. The van der Waals surface area contributed by atoms with Crippen LogP contribution in [0.3, 0.4) is 0 Å². The van der Waals surface area contributed by atoms with Crippen LogP contribution in [0.25, 0.3) is 0 Å². The number of hydrogen-bond donors (Lipinski definition) is 0. The Morgan fingerprint density at radius 1 is 0.492 bits per heavy atom. The summed E-state index contributed by atoms with van der Waals surface area (Å²) in [5, 5.41) is 0.662. The van der Waals surface area contributed by atoms with E-state index in [1.165, 1.54) is 11.1 Å². The maximum absolute atomic E-state index is 7.36. The van der Waals surface area contributed by atoms with E-state index < -0.39 is 30.5 Å². The third-order valence-electron chi connectivity index (χ3n) is 11.0. The lowest BCUT2D eigenvalue weighted by Crippen LogP contribution is -2.58. The van der Waals surface area contributed by atoms with Gasteiger partial charge in [-0.1, -0.05) is 170 Å². The fourth-order valence-corrected chi connectivity index (χ4v) is 7.93. The molecule has 0 spiro atoms. The first-order valence-electron chi connectivity index (χ1n) is 21.3. The predicted octanol–water partition coefficient (Wildman–Crippen LogP) is 11.1. The fourth-order valence-electron chi connectivity index (χ4n) is 7.68. The number of ether oxygens (including phenoxy) is 7. The summed E-state index contributed by atoms with van der Waals surface area (Å²) >= 11 is 7.17. The standard InChI is InChI=1S/C53H57ClO7/c1-3-39-24-26-40(27-25-39)30-45-31-47(46(32-48(45)54)37-56-29-28-55-2)50-52(59-35-43-20-12-6-13-21-43)53(60-36-44-22-14-7-15-23-44)51(58-34-42-18-10-5-11-19-42)49(61-50)38-57-33-41-16-8-4-9-17-41/h4-27,31-32,49-53H,3,28-30,33-38H2,1-2H3/t49-,50+,51-,52+,53+/m1/s1. The highest BCUT2D eigenvalue weighted by atomic mass is 35.5. The van der Waals surface area contributed by atoms with Gasteiger partial charge in [0.2, 0.25) is 0 Å². The number of rotatable bonds is 22. The van der Waals surface area contributed by atoms with Crippen molar-refractivity contribution >= 4 is 11.6 Å². The molecule has 1 aliphatic rings. The second kappa shape index (κ2) is 23.5. The van der Waals surface area contributed by atoms with E-state index in [1.54, 1.807) is 7.11 Å². The van der Waals surface area contributed by atoms with E-state index in [2.05, 4.69) is 85.8 Å². The first-order valence-corrected chi connectivity index (χ1v) is 21.6. The molecule has 8 heteroatoms. The number of methoxy groups -OCH3 is 1. The smallest absolute Gasteiger partial charge is 0.117 e. The number of hydrogen-bond acceptors (Lipinski definition) is 7. The molecule has 1 fully saturated rings. The molecule has 61 heavy (non-hydrogen) atoms. The number of halogens is 1. The quantitative estimate of drug-likeness (QED) is 0.0631. The zero-order valence-electron chi connectivity index (χ0n) is 35.2. The summed E-state index contributed by atoms with van der Waals surface area (Å²) in [5.74, 6) is 0. The third kappa shape index (κ3) is 12.9. The van der Waals surface area contributed by atoms with Gasteiger partial charge in [-0.15, -0.1) is 0 Å². The van der Waals surface area contributed by atoms with Crippen LogP contribution in [0.15, 0.2) is 158 Å². The summed E-state index contributed by atoms with van der Waals surface area (Å²) in [7, 11) is 1.67. The molecule has 0 aromatic heterocycles. The summed E-state index contributed by atoms with van der Waals surface area (Å²) in [4.78, 5) is 0. The summed E-state index contributed by atoms with van der Waals surface area (Å²) in [6.45, 7) is 5.06. The Kier molecular flexibility index (Phi) is 17.1. The van der Waals surface area contributed by atoms with Crippen LogP contribution in [0.4, 0.5) is 0 Å². The summed E-state index contributed by atoms with van der Waals surface area (Å²) < 4.78 is 46.5. The van der Waals surface area contributed by atoms with Gasteiger partial charge in [-0.05, 0) is 69.0 Å². The average Bonchev–Trinajstić information content (AvgIpc) is 3.31. The Morgan fingerprint density at radius 2 is 1.00 bits per heavy atom. The number of benzene rings is 6. The molecule has 1 heterocycles. The second-order valence-corrected chi connectivity index (χ2v) is 15.8. The zero-order valence-corrected chi connectivity index (χ0v) is 36.0. The molecule has 0 bridgehead atoms. The molecule has 1 aliphatic heterocycles. The van der Waals surface area contributed by atoms with Gasteiger partial charge >= 0.3 is 0 Å². The molecule has 1 saturated heterocycles. The normalized spacial score (nSPS) is 18.9. The van der Waals surface area contributed by atoms with Crippen molar-refractivity contribution < 1.29 is 33.2 Å². The van der Waals surface area contributed by atoms with Crippen molar-refractivity contribution in [2.24, 2.45) is 0 Å². The average molecular weight is 841 g/mol. The molecule has 6 aromatic carbocycles. The minimum Gasteiger partial charge on any atom is -0.382 e.